The summed E-state index contributed by atoms with van der Waals surface area (Å²) in [6.45, 7) is 7.00. The highest BCUT2D eigenvalue weighted by Gasteiger charge is 2.24. The average molecular weight is 289 g/mol. The molecule has 4 nitrogen and oxygen atoms in total. The molecule has 0 aliphatic carbocycles. The molecule has 2 rings (SSSR count). The third-order valence-corrected chi connectivity index (χ3v) is 4.20. The standard InChI is InChI=1S/C17H27N3O/c1-13(2)16(18)17(21)19-15-8-10-20(11-9-15)12-14-6-4-3-5-7-14/h3-7,13,15-16H,8-12,18H2,1-2H3,(H,19,21)/t16-/m1/s1. The number of carbonyl (C=O) groups is 1. The van der Waals surface area contributed by atoms with Crippen molar-refractivity contribution < 1.29 is 4.79 Å². The molecule has 0 bridgehead atoms. The molecule has 0 aromatic heterocycles. The van der Waals surface area contributed by atoms with Crippen LogP contribution >= 0.6 is 0 Å². The number of amides is 1. The van der Waals surface area contributed by atoms with E-state index in [0.29, 0.717) is 0 Å². The average Bonchev–Trinajstić information content (AvgIpc) is 2.49. The second kappa shape index (κ2) is 7.57. The van der Waals surface area contributed by atoms with Gasteiger partial charge in [0.25, 0.3) is 0 Å². The summed E-state index contributed by atoms with van der Waals surface area (Å²) in [5, 5.41) is 3.09. The molecule has 1 aromatic carbocycles. The topological polar surface area (TPSA) is 58.4 Å². The van der Waals surface area contributed by atoms with E-state index in [4.69, 9.17) is 5.73 Å². The zero-order valence-electron chi connectivity index (χ0n) is 13.1. The molecule has 21 heavy (non-hydrogen) atoms. The van der Waals surface area contributed by atoms with Crippen LogP contribution in [0.15, 0.2) is 30.3 Å². The predicted molar refractivity (Wildman–Crippen MR) is 85.7 cm³/mol. The molecule has 0 unspecified atom stereocenters. The first-order valence-corrected chi connectivity index (χ1v) is 7.88. The summed E-state index contributed by atoms with van der Waals surface area (Å²) < 4.78 is 0. The quantitative estimate of drug-likeness (QED) is 0.868. The normalized spacial score (nSPS) is 18.7. The van der Waals surface area contributed by atoms with E-state index in [0.717, 1.165) is 32.5 Å². The smallest absolute Gasteiger partial charge is 0.237 e. The minimum absolute atomic E-state index is 0.00786. The molecule has 1 heterocycles. The van der Waals surface area contributed by atoms with E-state index in [9.17, 15) is 4.79 Å². The Bertz CT molecular complexity index is 439. The van der Waals surface area contributed by atoms with Crippen molar-refractivity contribution in [2.75, 3.05) is 13.1 Å². The van der Waals surface area contributed by atoms with Crippen molar-refractivity contribution in [3.63, 3.8) is 0 Å². The maximum Gasteiger partial charge on any atom is 0.237 e. The number of likely N-dealkylation sites (tertiary alicyclic amines) is 1. The molecule has 1 fully saturated rings. The summed E-state index contributed by atoms with van der Waals surface area (Å²) in [5.41, 5.74) is 7.23. The first-order valence-electron chi connectivity index (χ1n) is 7.88. The van der Waals surface area contributed by atoms with E-state index in [-0.39, 0.29) is 17.9 Å². The van der Waals surface area contributed by atoms with Crippen LogP contribution in [0.4, 0.5) is 0 Å². The van der Waals surface area contributed by atoms with Crippen molar-refractivity contribution in [2.45, 2.75) is 45.3 Å². The fourth-order valence-electron chi connectivity index (χ4n) is 2.68. The Balaban J connectivity index is 1.74. The summed E-state index contributed by atoms with van der Waals surface area (Å²) in [4.78, 5) is 14.4. The fourth-order valence-corrected chi connectivity index (χ4v) is 2.68. The molecule has 1 aliphatic rings. The third kappa shape index (κ3) is 4.83. The van der Waals surface area contributed by atoms with Gasteiger partial charge < -0.3 is 11.1 Å². The zero-order valence-corrected chi connectivity index (χ0v) is 13.1. The molecule has 0 saturated carbocycles. The lowest BCUT2D eigenvalue weighted by Crippen LogP contribution is -2.51. The van der Waals surface area contributed by atoms with Gasteiger partial charge in [0.05, 0.1) is 6.04 Å². The van der Waals surface area contributed by atoms with Crippen molar-refractivity contribution >= 4 is 5.91 Å². The van der Waals surface area contributed by atoms with Crippen LogP contribution in [0.25, 0.3) is 0 Å². The summed E-state index contributed by atoms with van der Waals surface area (Å²) in [6.07, 6.45) is 2.01. The Morgan fingerprint density at radius 2 is 1.90 bits per heavy atom. The van der Waals surface area contributed by atoms with Crippen LogP contribution in [0.1, 0.15) is 32.3 Å². The van der Waals surface area contributed by atoms with Crippen LogP contribution in [-0.2, 0) is 11.3 Å². The van der Waals surface area contributed by atoms with Crippen molar-refractivity contribution in [1.82, 2.24) is 10.2 Å². The van der Waals surface area contributed by atoms with Gasteiger partial charge in [-0.1, -0.05) is 44.2 Å². The Labute approximate surface area is 127 Å². The number of benzene rings is 1. The molecule has 0 spiro atoms. The van der Waals surface area contributed by atoms with Crippen molar-refractivity contribution in [1.29, 1.82) is 0 Å². The van der Waals surface area contributed by atoms with Gasteiger partial charge >= 0.3 is 0 Å². The van der Waals surface area contributed by atoms with Crippen LogP contribution in [0.3, 0.4) is 0 Å². The summed E-state index contributed by atoms with van der Waals surface area (Å²) in [5.74, 6) is 0.176. The largest absolute Gasteiger partial charge is 0.352 e. The minimum atomic E-state index is -0.396. The molecule has 1 amide bonds. The van der Waals surface area contributed by atoms with Gasteiger partial charge in [0.1, 0.15) is 0 Å². The van der Waals surface area contributed by atoms with Crippen molar-refractivity contribution in [3.05, 3.63) is 35.9 Å². The van der Waals surface area contributed by atoms with E-state index < -0.39 is 6.04 Å². The number of nitrogens with zero attached hydrogens (tertiary/aromatic N) is 1. The Hall–Kier alpha value is -1.39. The van der Waals surface area contributed by atoms with Crippen LogP contribution < -0.4 is 11.1 Å². The predicted octanol–water partition coefficient (Wildman–Crippen LogP) is 1.75. The van der Waals surface area contributed by atoms with Gasteiger partial charge in [-0.15, -0.1) is 0 Å². The maximum atomic E-state index is 12.0. The molecular formula is C17H27N3O. The Kier molecular flexibility index (Phi) is 5.76. The van der Waals surface area contributed by atoms with Crippen LogP contribution in [-0.4, -0.2) is 36.0 Å². The fraction of sp³-hybridized carbons (Fsp3) is 0.588. The monoisotopic (exact) mass is 289 g/mol. The summed E-state index contributed by atoms with van der Waals surface area (Å²) >= 11 is 0. The van der Waals surface area contributed by atoms with Gasteiger partial charge in [-0.3, -0.25) is 9.69 Å². The number of hydrogen-bond acceptors (Lipinski definition) is 3. The van der Waals surface area contributed by atoms with Gasteiger partial charge in [0.2, 0.25) is 5.91 Å². The van der Waals surface area contributed by atoms with Gasteiger partial charge in [0, 0.05) is 25.7 Å². The highest BCUT2D eigenvalue weighted by Crippen LogP contribution is 2.14. The van der Waals surface area contributed by atoms with Gasteiger partial charge in [-0.2, -0.15) is 0 Å². The Morgan fingerprint density at radius 3 is 2.48 bits per heavy atom. The number of hydrogen-bond donors (Lipinski definition) is 2. The van der Waals surface area contributed by atoms with E-state index >= 15 is 0 Å². The second-order valence-electron chi connectivity index (χ2n) is 6.31. The van der Waals surface area contributed by atoms with Crippen LogP contribution in [0.2, 0.25) is 0 Å². The number of nitrogens with one attached hydrogen (secondary N) is 1. The lowest BCUT2D eigenvalue weighted by Gasteiger charge is -2.33. The number of carbonyl (C=O) groups excluding carboxylic acids is 1. The van der Waals surface area contributed by atoms with Gasteiger partial charge in [0.15, 0.2) is 0 Å². The van der Waals surface area contributed by atoms with E-state index in [1.54, 1.807) is 0 Å². The molecule has 1 atom stereocenters. The SMILES string of the molecule is CC(C)[C@@H](N)C(=O)NC1CCN(Cc2ccccc2)CC1. The van der Waals surface area contributed by atoms with E-state index in [1.807, 2.05) is 19.9 Å². The summed E-state index contributed by atoms with van der Waals surface area (Å²) in [7, 11) is 0. The highest BCUT2D eigenvalue weighted by atomic mass is 16.2. The zero-order chi connectivity index (χ0) is 15.2. The van der Waals surface area contributed by atoms with E-state index in [1.165, 1.54) is 5.56 Å². The van der Waals surface area contributed by atoms with Gasteiger partial charge in [-0.25, -0.2) is 0 Å². The molecule has 4 heteroatoms. The molecule has 3 N–H and O–H groups in total. The first-order chi connectivity index (χ1) is 10.1. The number of nitrogens with two attached hydrogens (primary N) is 1. The van der Waals surface area contributed by atoms with Gasteiger partial charge in [-0.05, 0) is 24.3 Å². The van der Waals surface area contributed by atoms with Crippen molar-refractivity contribution in [2.24, 2.45) is 11.7 Å². The minimum Gasteiger partial charge on any atom is -0.352 e. The van der Waals surface area contributed by atoms with E-state index in [2.05, 4.69) is 34.5 Å². The van der Waals surface area contributed by atoms with Crippen molar-refractivity contribution in [3.8, 4) is 0 Å². The third-order valence-electron chi connectivity index (χ3n) is 4.20. The molecular weight excluding hydrogens is 262 g/mol. The number of piperidine rings is 1. The lowest BCUT2D eigenvalue weighted by molar-refractivity contribution is -0.124. The highest BCUT2D eigenvalue weighted by molar-refractivity contribution is 5.82. The second-order valence-corrected chi connectivity index (χ2v) is 6.31. The molecule has 1 aromatic rings. The molecule has 1 aliphatic heterocycles. The van der Waals surface area contributed by atoms with Crippen LogP contribution in [0.5, 0.6) is 0 Å². The lowest BCUT2D eigenvalue weighted by atomic mass is 10.0. The molecule has 1 saturated heterocycles. The maximum absolute atomic E-state index is 12.0. The molecule has 0 radical (unpaired) electrons. The first kappa shape index (κ1) is 16.0. The van der Waals surface area contributed by atoms with Crippen LogP contribution in [0, 0.1) is 5.92 Å². The molecule has 116 valence electrons. The Morgan fingerprint density at radius 1 is 1.29 bits per heavy atom. The summed E-state index contributed by atoms with van der Waals surface area (Å²) in [6, 6.07) is 10.4. The number of rotatable bonds is 5.